The Morgan fingerprint density at radius 2 is 1.79 bits per heavy atom. The van der Waals surface area contributed by atoms with Crippen LogP contribution in [0.1, 0.15) is 6.92 Å². The van der Waals surface area contributed by atoms with Crippen LogP contribution >= 0.6 is 0 Å². The Morgan fingerprint density at radius 3 is 2.00 bits per heavy atom. The lowest BCUT2D eigenvalue weighted by molar-refractivity contribution is -0.176. The number of carboxylic acid groups (broad SMARTS) is 1. The molecule has 0 aliphatic carbocycles. The summed E-state index contributed by atoms with van der Waals surface area (Å²) in [7, 11) is 0. The van der Waals surface area contributed by atoms with E-state index in [9.17, 15) is 27.2 Å². The van der Waals surface area contributed by atoms with Crippen molar-refractivity contribution in [2.24, 2.45) is 0 Å². The number of halogens is 4. The van der Waals surface area contributed by atoms with Crippen molar-refractivity contribution in [3.8, 4) is 0 Å². The lowest BCUT2D eigenvalue weighted by Gasteiger charge is -2.16. The molecular formula is C6H7F4NO3. The fourth-order valence-electron chi connectivity index (χ4n) is 0.596. The Bertz CT molecular complexity index is 238. The fourth-order valence-corrected chi connectivity index (χ4v) is 0.596. The van der Waals surface area contributed by atoms with Gasteiger partial charge in [0.2, 0.25) is 0 Å². The number of alkyl halides is 4. The van der Waals surface area contributed by atoms with Gasteiger partial charge in [-0.2, -0.15) is 13.2 Å². The summed E-state index contributed by atoms with van der Waals surface area (Å²) < 4.78 is 47.2. The van der Waals surface area contributed by atoms with Crippen molar-refractivity contribution in [3.05, 3.63) is 0 Å². The zero-order valence-corrected chi connectivity index (χ0v) is 6.93. The Hall–Kier alpha value is -1.34. The van der Waals surface area contributed by atoms with E-state index in [1.807, 2.05) is 0 Å². The number of carboxylic acids is 1. The van der Waals surface area contributed by atoms with Crippen LogP contribution < -0.4 is 5.32 Å². The maximum absolute atomic E-state index is 12.4. The number of hydrogen-bond donors (Lipinski definition) is 2. The van der Waals surface area contributed by atoms with E-state index in [1.165, 1.54) is 0 Å². The lowest BCUT2D eigenvalue weighted by Crippen LogP contribution is -2.50. The van der Waals surface area contributed by atoms with Gasteiger partial charge in [0.15, 0.2) is 6.04 Å². The molecular weight excluding hydrogens is 210 g/mol. The molecule has 4 nitrogen and oxygen atoms in total. The van der Waals surface area contributed by atoms with E-state index in [4.69, 9.17) is 5.11 Å². The molecule has 0 fully saturated rings. The number of aliphatic carboxylic acids is 1. The van der Waals surface area contributed by atoms with Crippen molar-refractivity contribution in [2.45, 2.75) is 25.3 Å². The number of carbonyl (C=O) groups excluding carboxylic acids is 1. The van der Waals surface area contributed by atoms with Gasteiger partial charge >= 0.3 is 18.1 Å². The highest BCUT2D eigenvalue weighted by Crippen LogP contribution is 2.15. The van der Waals surface area contributed by atoms with Gasteiger partial charge in [0.25, 0.3) is 0 Å². The molecule has 0 unspecified atom stereocenters. The van der Waals surface area contributed by atoms with Crippen molar-refractivity contribution < 1.29 is 32.3 Å². The molecule has 0 spiro atoms. The van der Waals surface area contributed by atoms with Gasteiger partial charge in [-0.1, -0.05) is 0 Å². The molecule has 2 N–H and O–H groups in total. The van der Waals surface area contributed by atoms with Gasteiger partial charge in [-0.3, -0.25) is 4.79 Å². The first kappa shape index (κ1) is 12.7. The Labute approximate surface area is 75.9 Å². The summed E-state index contributed by atoms with van der Waals surface area (Å²) in [6, 6.07) is -2.19. The van der Waals surface area contributed by atoms with Gasteiger partial charge in [0.05, 0.1) is 0 Å². The van der Waals surface area contributed by atoms with Crippen LogP contribution in [0.15, 0.2) is 0 Å². The summed E-state index contributed by atoms with van der Waals surface area (Å²) in [6.45, 7) is 0.732. The first-order valence-electron chi connectivity index (χ1n) is 3.41. The van der Waals surface area contributed by atoms with E-state index in [1.54, 1.807) is 0 Å². The average molecular weight is 217 g/mol. The topological polar surface area (TPSA) is 66.4 Å². The molecule has 0 aromatic rings. The second-order valence-electron chi connectivity index (χ2n) is 2.46. The van der Waals surface area contributed by atoms with Crippen molar-refractivity contribution in [1.82, 2.24) is 5.32 Å². The van der Waals surface area contributed by atoms with Crippen molar-refractivity contribution >= 4 is 11.9 Å². The molecule has 0 aromatic heterocycles. The quantitative estimate of drug-likeness (QED) is 0.675. The van der Waals surface area contributed by atoms with Crippen LogP contribution in [0.2, 0.25) is 0 Å². The highest BCUT2D eigenvalue weighted by molar-refractivity contribution is 5.87. The van der Waals surface area contributed by atoms with E-state index in [-0.39, 0.29) is 0 Å². The highest BCUT2D eigenvalue weighted by Gasteiger charge is 2.42. The molecule has 0 aliphatic heterocycles. The van der Waals surface area contributed by atoms with Crippen molar-refractivity contribution in [1.29, 1.82) is 0 Å². The molecule has 0 heterocycles. The lowest BCUT2D eigenvalue weighted by atomic mass is 10.2. The monoisotopic (exact) mass is 217 g/mol. The fraction of sp³-hybridized carbons (Fsp3) is 0.667. The molecule has 14 heavy (non-hydrogen) atoms. The van der Waals surface area contributed by atoms with Crippen LogP contribution in [0.4, 0.5) is 17.6 Å². The van der Waals surface area contributed by atoms with Crippen LogP contribution in [-0.4, -0.2) is 35.4 Å². The Kier molecular flexibility index (Phi) is 3.84. The van der Waals surface area contributed by atoms with E-state index >= 15 is 0 Å². The number of nitrogens with one attached hydrogen (secondary N) is 1. The molecule has 2 atom stereocenters. The van der Waals surface area contributed by atoms with Gasteiger partial charge < -0.3 is 10.4 Å². The molecule has 0 saturated carbocycles. The minimum absolute atomic E-state index is 0.732. The minimum atomic E-state index is -5.22. The molecule has 0 bridgehead atoms. The predicted molar refractivity (Wildman–Crippen MR) is 36.2 cm³/mol. The van der Waals surface area contributed by atoms with Crippen LogP contribution in [0.3, 0.4) is 0 Å². The second-order valence-corrected chi connectivity index (χ2v) is 2.46. The Balaban J connectivity index is 4.48. The van der Waals surface area contributed by atoms with Crippen LogP contribution in [0, 0.1) is 0 Å². The highest BCUT2D eigenvalue weighted by atomic mass is 19.4. The zero-order chi connectivity index (χ0) is 11.5. The summed E-state index contributed by atoms with van der Waals surface area (Å²) in [6.07, 6.45) is -7.33. The van der Waals surface area contributed by atoms with E-state index in [0.717, 1.165) is 12.2 Å². The van der Waals surface area contributed by atoms with Gasteiger partial charge in [0, 0.05) is 0 Å². The largest absolute Gasteiger partial charge is 0.480 e. The van der Waals surface area contributed by atoms with Crippen molar-refractivity contribution in [3.63, 3.8) is 0 Å². The third kappa shape index (κ3) is 3.58. The van der Waals surface area contributed by atoms with Crippen molar-refractivity contribution in [2.75, 3.05) is 0 Å². The van der Waals surface area contributed by atoms with Gasteiger partial charge in [-0.05, 0) is 6.92 Å². The van der Waals surface area contributed by atoms with Crippen LogP contribution in [0.25, 0.3) is 0 Å². The molecule has 82 valence electrons. The van der Waals surface area contributed by atoms with E-state index < -0.39 is 30.3 Å². The summed E-state index contributed by atoms with van der Waals surface area (Å²) >= 11 is 0. The first-order chi connectivity index (χ1) is 6.16. The maximum atomic E-state index is 12.4. The number of rotatable bonds is 3. The standard InChI is InChI=1S/C6H7F4NO3/c1-2(7)3(4(12)13)11-5(14)6(8,9)10/h2-3H,1H3,(H,11,14)(H,12,13)/t2-,3+/m0/s1. The zero-order valence-electron chi connectivity index (χ0n) is 6.93. The summed E-state index contributed by atoms with van der Waals surface area (Å²) in [4.78, 5) is 20.4. The third-order valence-electron chi connectivity index (χ3n) is 1.27. The Morgan fingerprint density at radius 1 is 1.36 bits per heavy atom. The summed E-state index contributed by atoms with van der Waals surface area (Å²) in [5, 5.41) is 9.25. The number of carbonyl (C=O) groups is 2. The predicted octanol–water partition coefficient (Wildman–Crippen LogP) is 0.476. The van der Waals surface area contributed by atoms with Gasteiger partial charge in [-0.15, -0.1) is 0 Å². The maximum Gasteiger partial charge on any atom is 0.471 e. The smallest absolute Gasteiger partial charge is 0.471 e. The first-order valence-corrected chi connectivity index (χ1v) is 3.41. The molecule has 0 aliphatic rings. The molecule has 0 aromatic carbocycles. The third-order valence-corrected chi connectivity index (χ3v) is 1.27. The molecule has 1 amide bonds. The van der Waals surface area contributed by atoms with E-state index in [2.05, 4.69) is 0 Å². The number of amides is 1. The second kappa shape index (κ2) is 4.25. The van der Waals surface area contributed by atoms with Crippen LogP contribution in [0.5, 0.6) is 0 Å². The van der Waals surface area contributed by atoms with Gasteiger partial charge in [-0.25, -0.2) is 9.18 Å². The molecule has 0 rings (SSSR count). The normalized spacial score (nSPS) is 15.8. The number of hydrogen-bond acceptors (Lipinski definition) is 2. The molecule has 0 radical (unpaired) electrons. The molecule has 8 heteroatoms. The minimum Gasteiger partial charge on any atom is -0.480 e. The average Bonchev–Trinajstić information content (AvgIpc) is 1.96. The SMILES string of the molecule is C[C@H](F)[C@@H](NC(=O)C(F)(F)F)C(=O)O. The van der Waals surface area contributed by atoms with Gasteiger partial charge in [0.1, 0.15) is 6.17 Å². The summed E-state index contributed by atoms with van der Waals surface area (Å²) in [5.41, 5.74) is 0. The molecule has 0 saturated heterocycles. The van der Waals surface area contributed by atoms with E-state index in [0.29, 0.717) is 0 Å². The summed E-state index contributed by atoms with van der Waals surface area (Å²) in [5.74, 6) is -4.34. The van der Waals surface area contributed by atoms with Crippen LogP contribution in [-0.2, 0) is 9.59 Å².